The van der Waals surface area contributed by atoms with Gasteiger partial charge in [0.25, 0.3) is 0 Å². The number of anilines is 2. The first-order valence-corrected chi connectivity index (χ1v) is 6.16. The first-order valence-electron chi connectivity index (χ1n) is 5.39. The Labute approximate surface area is 105 Å². The van der Waals surface area contributed by atoms with Crippen molar-refractivity contribution in [2.24, 2.45) is 0 Å². The van der Waals surface area contributed by atoms with E-state index in [0.29, 0.717) is 5.56 Å². The van der Waals surface area contributed by atoms with Gasteiger partial charge in [-0.1, -0.05) is 12.1 Å². The molecule has 0 atom stereocenters. The summed E-state index contributed by atoms with van der Waals surface area (Å²) in [5, 5.41) is 4.07. The Morgan fingerprint density at radius 1 is 1.35 bits per heavy atom. The maximum atomic E-state index is 11.5. The molecule has 0 aliphatic rings. The van der Waals surface area contributed by atoms with Crippen LogP contribution in [0.3, 0.4) is 0 Å². The van der Waals surface area contributed by atoms with Crippen LogP contribution in [0.5, 0.6) is 0 Å². The topological polar surface area (TPSA) is 42.0 Å². The van der Waals surface area contributed by atoms with E-state index in [0.717, 1.165) is 16.4 Å². The summed E-state index contributed by atoms with van der Waals surface area (Å²) in [6.07, 6.45) is 0. The number of carbonyl (C=O) groups is 1. The molecule has 0 bridgehead atoms. The second-order valence-corrected chi connectivity index (χ2v) is 4.80. The number of benzene rings is 1. The van der Waals surface area contributed by atoms with Crippen LogP contribution >= 0.6 is 11.5 Å². The summed E-state index contributed by atoms with van der Waals surface area (Å²) in [5.41, 5.74) is 3.64. The first-order chi connectivity index (χ1) is 8.08. The fraction of sp³-hybridized carbons (Fsp3) is 0.231. The van der Waals surface area contributed by atoms with Gasteiger partial charge in [-0.25, -0.2) is 0 Å². The fourth-order valence-corrected chi connectivity index (χ4v) is 2.59. The van der Waals surface area contributed by atoms with Crippen LogP contribution < -0.4 is 5.32 Å². The smallest absolute Gasteiger partial charge is 0.164 e. The predicted molar refractivity (Wildman–Crippen MR) is 71.3 cm³/mol. The zero-order valence-electron chi connectivity index (χ0n) is 10.1. The minimum Gasteiger partial charge on any atom is -0.345 e. The second kappa shape index (κ2) is 4.67. The van der Waals surface area contributed by atoms with Crippen molar-refractivity contribution in [2.45, 2.75) is 20.8 Å². The quantitative estimate of drug-likeness (QED) is 0.839. The molecule has 1 heterocycles. The number of Topliss-reactive ketones (excluding diaryl/α,β-unsaturated/α-hetero) is 1. The number of rotatable bonds is 3. The molecule has 2 rings (SSSR count). The van der Waals surface area contributed by atoms with Gasteiger partial charge in [-0.05, 0) is 50.0 Å². The molecule has 3 nitrogen and oxygen atoms in total. The summed E-state index contributed by atoms with van der Waals surface area (Å²) in [5.74, 6) is 0.0476. The Balaban J connectivity index is 2.33. The zero-order valence-corrected chi connectivity index (χ0v) is 10.9. The number of aryl methyl sites for hydroxylation is 2. The van der Waals surface area contributed by atoms with E-state index in [2.05, 4.69) is 9.69 Å². The van der Waals surface area contributed by atoms with E-state index in [1.807, 2.05) is 38.1 Å². The molecule has 1 N–H and O–H groups in total. The lowest BCUT2D eigenvalue weighted by atomic mass is 10.1. The summed E-state index contributed by atoms with van der Waals surface area (Å²) in [6.45, 7) is 5.46. The largest absolute Gasteiger partial charge is 0.345 e. The maximum Gasteiger partial charge on any atom is 0.164 e. The molecule has 0 radical (unpaired) electrons. The molecule has 0 amide bonds. The lowest BCUT2D eigenvalue weighted by Crippen LogP contribution is -1.98. The highest BCUT2D eigenvalue weighted by molar-refractivity contribution is 7.10. The number of aromatic nitrogens is 1. The van der Waals surface area contributed by atoms with Gasteiger partial charge in [0.1, 0.15) is 5.00 Å². The Hall–Kier alpha value is -1.68. The highest BCUT2D eigenvalue weighted by Gasteiger charge is 2.14. The molecule has 0 fully saturated rings. The summed E-state index contributed by atoms with van der Waals surface area (Å²) < 4.78 is 4.21. The first kappa shape index (κ1) is 11.8. The Morgan fingerprint density at radius 3 is 2.76 bits per heavy atom. The van der Waals surface area contributed by atoms with Crippen LogP contribution in [-0.4, -0.2) is 10.2 Å². The monoisotopic (exact) mass is 246 g/mol. The van der Waals surface area contributed by atoms with E-state index in [1.165, 1.54) is 17.1 Å². The molecule has 0 spiro atoms. The Bertz CT molecular complexity index is 560. The van der Waals surface area contributed by atoms with E-state index in [4.69, 9.17) is 0 Å². The van der Waals surface area contributed by atoms with Crippen molar-refractivity contribution in [1.82, 2.24) is 4.37 Å². The van der Waals surface area contributed by atoms with Gasteiger partial charge in [0, 0.05) is 5.69 Å². The molecule has 0 saturated carbocycles. The third-order valence-electron chi connectivity index (χ3n) is 2.49. The zero-order chi connectivity index (χ0) is 12.4. The van der Waals surface area contributed by atoms with Crippen LogP contribution in [0.25, 0.3) is 0 Å². The molecule has 17 heavy (non-hydrogen) atoms. The Morgan fingerprint density at radius 2 is 2.12 bits per heavy atom. The highest BCUT2D eigenvalue weighted by Crippen LogP contribution is 2.28. The van der Waals surface area contributed by atoms with Crippen LogP contribution in [0.2, 0.25) is 0 Å². The number of hydrogen-bond acceptors (Lipinski definition) is 4. The average molecular weight is 246 g/mol. The lowest BCUT2D eigenvalue weighted by molar-refractivity contribution is 0.101. The van der Waals surface area contributed by atoms with E-state index in [1.54, 1.807) is 6.92 Å². The molecule has 0 saturated heterocycles. The third kappa shape index (κ3) is 2.53. The molecule has 88 valence electrons. The summed E-state index contributed by atoms with van der Waals surface area (Å²) in [7, 11) is 0. The minimum atomic E-state index is 0.0476. The lowest BCUT2D eigenvalue weighted by Gasteiger charge is -2.06. The van der Waals surface area contributed by atoms with Crippen LogP contribution in [0, 0.1) is 13.8 Å². The fourth-order valence-electron chi connectivity index (χ4n) is 1.72. The molecule has 1 aromatic carbocycles. The minimum absolute atomic E-state index is 0.0476. The van der Waals surface area contributed by atoms with Crippen LogP contribution in [-0.2, 0) is 0 Å². The normalized spacial score (nSPS) is 10.3. The third-order valence-corrected chi connectivity index (χ3v) is 3.34. The summed E-state index contributed by atoms with van der Waals surface area (Å²) in [4.78, 5) is 11.5. The Kier molecular flexibility index (Phi) is 3.24. The van der Waals surface area contributed by atoms with E-state index >= 15 is 0 Å². The molecule has 0 aliphatic heterocycles. The van der Waals surface area contributed by atoms with Crippen molar-refractivity contribution in [2.75, 3.05) is 5.32 Å². The second-order valence-electron chi connectivity index (χ2n) is 4.02. The maximum absolute atomic E-state index is 11.5. The van der Waals surface area contributed by atoms with Crippen molar-refractivity contribution in [1.29, 1.82) is 0 Å². The number of carbonyl (C=O) groups excluding carboxylic acids is 1. The van der Waals surface area contributed by atoms with Gasteiger partial charge in [0.15, 0.2) is 5.78 Å². The van der Waals surface area contributed by atoms with Crippen molar-refractivity contribution in [3.8, 4) is 0 Å². The number of hydrogen-bond donors (Lipinski definition) is 1. The van der Waals surface area contributed by atoms with Crippen molar-refractivity contribution in [3.63, 3.8) is 0 Å². The van der Waals surface area contributed by atoms with Crippen LogP contribution in [0.1, 0.15) is 28.5 Å². The standard InChI is InChI=1S/C13H14N2OS/c1-8-5-4-6-11(7-8)14-13-12(10(3)16)9(2)15-17-13/h4-7,14H,1-3H3. The van der Waals surface area contributed by atoms with Crippen LogP contribution in [0.4, 0.5) is 10.7 Å². The van der Waals surface area contributed by atoms with Gasteiger partial charge in [0.2, 0.25) is 0 Å². The van der Waals surface area contributed by atoms with Gasteiger partial charge >= 0.3 is 0 Å². The van der Waals surface area contributed by atoms with Gasteiger partial charge in [0.05, 0.1) is 11.3 Å². The van der Waals surface area contributed by atoms with Crippen molar-refractivity contribution < 1.29 is 4.79 Å². The molecule has 2 aromatic rings. The van der Waals surface area contributed by atoms with Gasteiger partial charge in [-0.3, -0.25) is 4.79 Å². The SMILES string of the molecule is CC(=O)c1c(C)nsc1Nc1cccc(C)c1. The highest BCUT2D eigenvalue weighted by atomic mass is 32.1. The molecule has 4 heteroatoms. The average Bonchev–Trinajstić information content (AvgIpc) is 2.59. The van der Waals surface area contributed by atoms with Gasteiger partial charge < -0.3 is 5.32 Å². The summed E-state index contributed by atoms with van der Waals surface area (Å²) in [6, 6.07) is 8.04. The molecule has 0 unspecified atom stereocenters. The summed E-state index contributed by atoms with van der Waals surface area (Å²) >= 11 is 1.32. The molecule has 1 aromatic heterocycles. The van der Waals surface area contributed by atoms with E-state index in [-0.39, 0.29) is 5.78 Å². The van der Waals surface area contributed by atoms with Crippen molar-refractivity contribution >= 4 is 28.0 Å². The van der Waals surface area contributed by atoms with E-state index < -0.39 is 0 Å². The molecule has 0 aliphatic carbocycles. The van der Waals surface area contributed by atoms with E-state index in [9.17, 15) is 4.79 Å². The number of nitrogens with zero attached hydrogens (tertiary/aromatic N) is 1. The van der Waals surface area contributed by atoms with Gasteiger partial charge in [-0.2, -0.15) is 4.37 Å². The molecular formula is C13H14N2OS. The predicted octanol–water partition coefficient (Wildman–Crippen LogP) is 3.71. The van der Waals surface area contributed by atoms with Crippen molar-refractivity contribution in [3.05, 3.63) is 41.1 Å². The van der Waals surface area contributed by atoms with Crippen LogP contribution in [0.15, 0.2) is 24.3 Å². The molecular weight excluding hydrogens is 232 g/mol. The number of nitrogens with one attached hydrogen (secondary N) is 1. The number of ketones is 1. The van der Waals surface area contributed by atoms with Gasteiger partial charge in [-0.15, -0.1) is 0 Å².